The molecule has 0 spiro atoms. The van der Waals surface area contributed by atoms with Crippen molar-refractivity contribution in [1.29, 1.82) is 0 Å². The van der Waals surface area contributed by atoms with Crippen molar-refractivity contribution in [1.82, 2.24) is 5.32 Å². The second kappa shape index (κ2) is 8.70. The Morgan fingerprint density at radius 1 is 0.938 bits per heavy atom. The SMILES string of the molecule is O=C1NC(=S)N(c2ccc(Cl)cc2)C(=O)C1=Cc1ccccc1-c1ccccc1[N+](=O)[O-]. The van der Waals surface area contributed by atoms with Gasteiger partial charge in [-0.1, -0.05) is 48.0 Å². The van der Waals surface area contributed by atoms with Gasteiger partial charge in [-0.05, 0) is 59.8 Å². The highest BCUT2D eigenvalue weighted by Gasteiger charge is 2.34. The van der Waals surface area contributed by atoms with Crippen LogP contribution in [0.15, 0.2) is 78.4 Å². The molecular formula is C23H14ClN3O4S. The van der Waals surface area contributed by atoms with Gasteiger partial charge in [-0.25, -0.2) is 0 Å². The molecule has 0 aromatic heterocycles. The molecule has 32 heavy (non-hydrogen) atoms. The van der Waals surface area contributed by atoms with Crippen LogP contribution in [0.3, 0.4) is 0 Å². The van der Waals surface area contributed by atoms with Crippen molar-refractivity contribution >= 4 is 58.2 Å². The summed E-state index contributed by atoms with van der Waals surface area (Å²) in [5.41, 5.74) is 1.57. The molecule has 1 N–H and O–H groups in total. The van der Waals surface area contributed by atoms with Crippen LogP contribution in [0, 0.1) is 10.1 Å². The summed E-state index contributed by atoms with van der Waals surface area (Å²) in [6.07, 6.45) is 1.41. The Labute approximate surface area is 193 Å². The molecule has 0 saturated carbocycles. The van der Waals surface area contributed by atoms with Crippen molar-refractivity contribution in [2.45, 2.75) is 0 Å². The van der Waals surface area contributed by atoms with E-state index in [1.807, 2.05) is 0 Å². The Morgan fingerprint density at radius 2 is 1.56 bits per heavy atom. The van der Waals surface area contributed by atoms with Gasteiger partial charge in [0.05, 0.1) is 16.2 Å². The molecule has 0 radical (unpaired) electrons. The lowest BCUT2D eigenvalue weighted by molar-refractivity contribution is -0.384. The van der Waals surface area contributed by atoms with Gasteiger partial charge in [-0.2, -0.15) is 0 Å². The number of hydrogen-bond acceptors (Lipinski definition) is 5. The van der Waals surface area contributed by atoms with Crippen LogP contribution in [0.2, 0.25) is 5.02 Å². The molecule has 0 aliphatic carbocycles. The van der Waals surface area contributed by atoms with Crippen LogP contribution in [0.4, 0.5) is 11.4 Å². The lowest BCUT2D eigenvalue weighted by atomic mass is 9.96. The smallest absolute Gasteiger partial charge is 0.277 e. The zero-order valence-electron chi connectivity index (χ0n) is 16.3. The molecule has 7 nitrogen and oxygen atoms in total. The number of amides is 2. The number of carbonyl (C=O) groups excluding carboxylic acids is 2. The summed E-state index contributed by atoms with van der Waals surface area (Å²) in [7, 11) is 0. The highest BCUT2D eigenvalue weighted by Crippen LogP contribution is 2.33. The largest absolute Gasteiger partial charge is 0.298 e. The average Bonchev–Trinajstić information content (AvgIpc) is 2.78. The van der Waals surface area contributed by atoms with Crippen LogP contribution in [-0.2, 0) is 9.59 Å². The van der Waals surface area contributed by atoms with E-state index in [1.54, 1.807) is 66.7 Å². The van der Waals surface area contributed by atoms with Crippen molar-refractivity contribution in [2.75, 3.05) is 4.90 Å². The molecule has 1 heterocycles. The molecule has 158 valence electrons. The summed E-state index contributed by atoms with van der Waals surface area (Å²) in [5, 5.41) is 14.5. The zero-order chi connectivity index (χ0) is 22.8. The normalized spacial score (nSPS) is 15.1. The Bertz CT molecular complexity index is 1300. The summed E-state index contributed by atoms with van der Waals surface area (Å²) in [6, 6.07) is 19.5. The molecule has 0 atom stereocenters. The fourth-order valence-electron chi connectivity index (χ4n) is 3.37. The quantitative estimate of drug-likeness (QED) is 0.198. The van der Waals surface area contributed by atoms with Crippen LogP contribution in [0.1, 0.15) is 5.56 Å². The minimum atomic E-state index is -0.650. The monoisotopic (exact) mass is 463 g/mol. The standard InChI is InChI=1S/C23H14ClN3O4S/c24-15-9-11-16(12-10-15)26-22(29)19(21(28)25-23(26)32)13-14-5-1-2-6-17(14)18-7-3-4-8-20(18)27(30)31/h1-13H,(H,25,28,32). The Hall–Kier alpha value is -3.88. The summed E-state index contributed by atoms with van der Waals surface area (Å²) >= 11 is 11.1. The molecule has 9 heteroatoms. The highest BCUT2D eigenvalue weighted by molar-refractivity contribution is 7.80. The van der Waals surface area contributed by atoms with E-state index in [4.69, 9.17) is 23.8 Å². The number of rotatable bonds is 4. The maximum absolute atomic E-state index is 13.2. The second-order valence-electron chi connectivity index (χ2n) is 6.80. The maximum Gasteiger partial charge on any atom is 0.277 e. The molecule has 1 fully saturated rings. The topological polar surface area (TPSA) is 92.6 Å². The van der Waals surface area contributed by atoms with Gasteiger partial charge in [0.2, 0.25) is 0 Å². The van der Waals surface area contributed by atoms with Crippen molar-refractivity contribution in [2.24, 2.45) is 0 Å². The molecule has 0 bridgehead atoms. The average molecular weight is 464 g/mol. The number of hydrogen-bond donors (Lipinski definition) is 1. The van der Waals surface area contributed by atoms with Crippen LogP contribution in [0.25, 0.3) is 17.2 Å². The van der Waals surface area contributed by atoms with E-state index < -0.39 is 16.7 Å². The number of anilines is 1. The van der Waals surface area contributed by atoms with Crippen LogP contribution < -0.4 is 10.2 Å². The van der Waals surface area contributed by atoms with E-state index in [1.165, 1.54) is 17.0 Å². The Kier molecular flexibility index (Phi) is 5.81. The van der Waals surface area contributed by atoms with Gasteiger partial charge in [0.15, 0.2) is 5.11 Å². The zero-order valence-corrected chi connectivity index (χ0v) is 17.9. The van der Waals surface area contributed by atoms with Gasteiger partial charge >= 0.3 is 0 Å². The van der Waals surface area contributed by atoms with Gasteiger partial charge in [-0.15, -0.1) is 0 Å². The maximum atomic E-state index is 13.2. The van der Waals surface area contributed by atoms with Crippen LogP contribution in [0.5, 0.6) is 0 Å². The number of halogens is 1. The number of carbonyl (C=O) groups is 2. The molecule has 4 rings (SSSR count). The molecule has 3 aromatic rings. The predicted molar refractivity (Wildman–Crippen MR) is 126 cm³/mol. The predicted octanol–water partition coefficient (Wildman–Crippen LogP) is 4.75. The first-order chi connectivity index (χ1) is 15.4. The van der Waals surface area contributed by atoms with Crippen molar-refractivity contribution < 1.29 is 14.5 Å². The lowest BCUT2D eigenvalue weighted by Gasteiger charge is -2.29. The lowest BCUT2D eigenvalue weighted by Crippen LogP contribution is -2.54. The van der Waals surface area contributed by atoms with Gasteiger partial charge in [0.1, 0.15) is 5.57 Å². The van der Waals surface area contributed by atoms with Crippen molar-refractivity contribution in [3.63, 3.8) is 0 Å². The van der Waals surface area contributed by atoms with E-state index in [0.717, 1.165) is 0 Å². The van der Waals surface area contributed by atoms with E-state index in [2.05, 4.69) is 5.32 Å². The second-order valence-corrected chi connectivity index (χ2v) is 7.62. The number of para-hydroxylation sites is 1. The molecular weight excluding hydrogens is 450 g/mol. The highest BCUT2D eigenvalue weighted by atomic mass is 35.5. The van der Waals surface area contributed by atoms with E-state index >= 15 is 0 Å². The van der Waals surface area contributed by atoms with Gasteiger partial charge in [0, 0.05) is 11.1 Å². The molecule has 1 aliphatic rings. The minimum Gasteiger partial charge on any atom is -0.298 e. The summed E-state index contributed by atoms with van der Waals surface area (Å²) in [6.45, 7) is 0. The molecule has 1 saturated heterocycles. The molecule has 3 aromatic carbocycles. The van der Waals surface area contributed by atoms with Gasteiger partial charge in [0.25, 0.3) is 17.5 Å². The first-order valence-electron chi connectivity index (χ1n) is 9.36. The third-order valence-electron chi connectivity index (χ3n) is 4.84. The fourth-order valence-corrected chi connectivity index (χ4v) is 3.77. The first kappa shape index (κ1) is 21.4. The fraction of sp³-hybridized carbons (Fsp3) is 0. The van der Waals surface area contributed by atoms with Crippen LogP contribution >= 0.6 is 23.8 Å². The number of nitro benzene ring substituents is 1. The molecule has 0 unspecified atom stereocenters. The first-order valence-corrected chi connectivity index (χ1v) is 10.2. The third-order valence-corrected chi connectivity index (χ3v) is 5.37. The molecule has 1 aliphatic heterocycles. The number of nitrogens with one attached hydrogen (secondary N) is 1. The number of nitro groups is 1. The minimum absolute atomic E-state index is 0.0496. The van der Waals surface area contributed by atoms with Crippen molar-refractivity contribution in [3.05, 3.63) is 99.1 Å². The van der Waals surface area contributed by atoms with Crippen molar-refractivity contribution in [3.8, 4) is 11.1 Å². The van der Waals surface area contributed by atoms with Gasteiger partial charge < -0.3 is 0 Å². The summed E-state index contributed by atoms with van der Waals surface area (Å²) in [4.78, 5) is 38.1. The van der Waals surface area contributed by atoms with E-state index in [9.17, 15) is 19.7 Å². The van der Waals surface area contributed by atoms with E-state index in [-0.39, 0.29) is 16.4 Å². The Morgan fingerprint density at radius 3 is 2.25 bits per heavy atom. The summed E-state index contributed by atoms with van der Waals surface area (Å²) < 4.78 is 0. The number of thiocarbonyl (C=S) groups is 1. The van der Waals surface area contributed by atoms with Gasteiger partial charge in [-0.3, -0.25) is 29.9 Å². The third kappa shape index (κ3) is 4.01. The Balaban J connectivity index is 1.81. The summed E-state index contributed by atoms with van der Waals surface area (Å²) in [5.74, 6) is -1.26. The number of benzene rings is 3. The van der Waals surface area contributed by atoms with Crippen LogP contribution in [-0.4, -0.2) is 21.9 Å². The molecule has 2 amide bonds. The number of nitrogens with zero attached hydrogens (tertiary/aromatic N) is 2. The van der Waals surface area contributed by atoms with E-state index in [0.29, 0.717) is 27.4 Å².